The molecule has 0 bridgehead atoms. The van der Waals surface area contributed by atoms with Crippen molar-refractivity contribution in [3.63, 3.8) is 0 Å². The van der Waals surface area contributed by atoms with Gasteiger partial charge in [0.1, 0.15) is 0 Å². The van der Waals surface area contributed by atoms with E-state index in [1.165, 1.54) is 38.5 Å². The topological polar surface area (TPSA) is 202 Å². The number of rotatable bonds is 22. The molecule has 0 aliphatic heterocycles. The Bertz CT molecular complexity index is 406. The lowest BCUT2D eigenvalue weighted by Gasteiger charge is -2.01. The van der Waals surface area contributed by atoms with E-state index in [9.17, 15) is 0 Å². The molecular formula is C30H72BrN9. The number of hydrogen-bond acceptors (Lipinski definition) is 9. The van der Waals surface area contributed by atoms with Crippen LogP contribution in [0.1, 0.15) is 118 Å². The Kier molecular flexibility index (Phi) is 86.2. The second-order valence-electron chi connectivity index (χ2n) is 8.84. The third-order valence-electron chi connectivity index (χ3n) is 4.85. The van der Waals surface area contributed by atoms with E-state index < -0.39 is 0 Å². The molecule has 12 N–H and O–H groups in total. The Morgan fingerprint density at radius 2 is 0.825 bits per heavy atom. The molecule has 0 aromatic rings. The van der Waals surface area contributed by atoms with Crippen molar-refractivity contribution in [3.8, 4) is 12.1 Å². The van der Waals surface area contributed by atoms with Crippen LogP contribution in [0.25, 0.3) is 0 Å². The first-order valence-corrected chi connectivity index (χ1v) is 16.4. The number of nitrogens with two attached hydrogens (primary N) is 5. The standard InChI is InChI=1S/C9H18N2.C8H20N2.C4H6BrN.2C4H12N2.CH4/c1-2-3-5-8-11-9-6-4-7-10;1-2-3-4-7-10-8-5-6-9;3*5-3-1-2-4-6;/h11H,2-6,8-9H2,1H3;10H,2-9H2,1H3;1-3H2;2*1-6H2;1H4. The zero-order chi connectivity index (χ0) is 30.5. The molecule has 0 spiro atoms. The summed E-state index contributed by atoms with van der Waals surface area (Å²) in [6.07, 6.45) is 16.5. The molecular weight excluding hydrogens is 566 g/mol. The lowest BCUT2D eigenvalue weighted by atomic mass is 10.2. The number of nitrogens with zero attached hydrogens (tertiary/aromatic N) is 2. The van der Waals surface area contributed by atoms with Crippen LogP contribution >= 0.6 is 15.9 Å². The van der Waals surface area contributed by atoms with E-state index in [0.29, 0.717) is 12.8 Å². The number of unbranched alkanes of at least 4 members (excludes halogenated alkanes) is 8. The molecule has 0 aliphatic carbocycles. The first-order valence-electron chi connectivity index (χ1n) is 15.3. The van der Waals surface area contributed by atoms with Gasteiger partial charge in [0.05, 0.1) is 12.1 Å². The molecule has 10 heteroatoms. The summed E-state index contributed by atoms with van der Waals surface area (Å²) in [4.78, 5) is 0. The molecule has 0 atom stereocenters. The predicted octanol–water partition coefficient (Wildman–Crippen LogP) is 4.87. The van der Waals surface area contributed by atoms with Gasteiger partial charge < -0.3 is 39.3 Å². The van der Waals surface area contributed by atoms with Crippen LogP contribution in [0.2, 0.25) is 0 Å². The fourth-order valence-electron chi connectivity index (χ4n) is 2.49. The fraction of sp³-hybridized carbons (Fsp3) is 0.933. The van der Waals surface area contributed by atoms with Crippen molar-refractivity contribution in [1.29, 1.82) is 10.5 Å². The summed E-state index contributed by atoms with van der Waals surface area (Å²) in [7, 11) is 0. The third-order valence-corrected chi connectivity index (χ3v) is 5.41. The second kappa shape index (κ2) is 66.5. The average molecular weight is 639 g/mol. The fourth-order valence-corrected chi connectivity index (χ4v) is 2.77. The molecule has 0 aromatic heterocycles. The van der Waals surface area contributed by atoms with E-state index in [2.05, 4.69) is 46.5 Å². The van der Waals surface area contributed by atoms with Gasteiger partial charge in [-0.05, 0) is 117 Å². The smallest absolute Gasteiger partial charge is 0.0622 e. The van der Waals surface area contributed by atoms with Crippen molar-refractivity contribution in [2.24, 2.45) is 28.7 Å². The molecule has 0 heterocycles. The predicted molar refractivity (Wildman–Crippen MR) is 183 cm³/mol. The van der Waals surface area contributed by atoms with Gasteiger partial charge in [-0.2, -0.15) is 10.5 Å². The Labute approximate surface area is 259 Å². The Hall–Kier alpha value is -0.820. The van der Waals surface area contributed by atoms with Gasteiger partial charge in [-0.15, -0.1) is 0 Å². The molecule has 40 heavy (non-hydrogen) atoms. The van der Waals surface area contributed by atoms with E-state index in [1.54, 1.807) is 0 Å². The number of nitriles is 2. The molecule has 0 rings (SSSR count). The third kappa shape index (κ3) is 90.6. The summed E-state index contributed by atoms with van der Waals surface area (Å²) >= 11 is 3.20. The lowest BCUT2D eigenvalue weighted by Crippen LogP contribution is -2.19. The quantitative estimate of drug-likeness (QED) is 0.0637. The van der Waals surface area contributed by atoms with Gasteiger partial charge in [0.25, 0.3) is 0 Å². The highest BCUT2D eigenvalue weighted by Crippen LogP contribution is 1.92. The maximum Gasteiger partial charge on any atom is 0.0622 e. The summed E-state index contributed by atoms with van der Waals surface area (Å²) < 4.78 is 0. The number of hydrogen-bond donors (Lipinski definition) is 7. The van der Waals surface area contributed by atoms with Crippen LogP contribution in [0.3, 0.4) is 0 Å². The van der Waals surface area contributed by atoms with Crippen molar-refractivity contribution in [2.75, 3.05) is 64.2 Å². The molecule has 0 aliphatic rings. The van der Waals surface area contributed by atoms with Crippen LogP contribution in [0, 0.1) is 22.7 Å². The molecule has 0 unspecified atom stereocenters. The normalized spacial score (nSPS) is 8.95. The number of alkyl halides is 1. The summed E-state index contributed by atoms with van der Waals surface area (Å²) in [6.45, 7) is 12.7. The van der Waals surface area contributed by atoms with Crippen LogP contribution in [0.5, 0.6) is 0 Å². The highest BCUT2D eigenvalue weighted by Gasteiger charge is 1.87. The van der Waals surface area contributed by atoms with Gasteiger partial charge in [-0.3, -0.25) is 0 Å². The molecule has 0 saturated heterocycles. The van der Waals surface area contributed by atoms with E-state index >= 15 is 0 Å². The van der Waals surface area contributed by atoms with Crippen molar-refractivity contribution < 1.29 is 0 Å². The van der Waals surface area contributed by atoms with Crippen molar-refractivity contribution in [1.82, 2.24) is 10.6 Å². The first kappa shape index (κ1) is 51.9. The molecule has 0 amide bonds. The van der Waals surface area contributed by atoms with Crippen LogP contribution in [0.4, 0.5) is 0 Å². The van der Waals surface area contributed by atoms with Crippen LogP contribution in [-0.2, 0) is 0 Å². The van der Waals surface area contributed by atoms with Crippen molar-refractivity contribution >= 4 is 15.9 Å². The van der Waals surface area contributed by atoms with Gasteiger partial charge in [-0.25, -0.2) is 0 Å². The van der Waals surface area contributed by atoms with Gasteiger partial charge in [0.15, 0.2) is 0 Å². The van der Waals surface area contributed by atoms with E-state index in [4.69, 9.17) is 39.2 Å². The van der Waals surface area contributed by atoms with Gasteiger partial charge in [0.2, 0.25) is 0 Å². The molecule has 0 aromatic carbocycles. The summed E-state index contributed by atoms with van der Waals surface area (Å²) in [6, 6.07) is 4.17. The van der Waals surface area contributed by atoms with E-state index in [1.807, 2.05) is 6.07 Å². The minimum atomic E-state index is 0. The average Bonchev–Trinajstić information content (AvgIpc) is 2.96. The molecule has 0 fully saturated rings. The zero-order valence-electron chi connectivity index (χ0n) is 25.8. The Balaban J connectivity index is -0.0000000923. The van der Waals surface area contributed by atoms with Gasteiger partial charge in [0, 0.05) is 18.2 Å². The van der Waals surface area contributed by atoms with Crippen molar-refractivity contribution in [2.45, 2.75) is 118 Å². The molecule has 0 saturated carbocycles. The highest BCUT2D eigenvalue weighted by atomic mass is 79.9. The zero-order valence-corrected chi connectivity index (χ0v) is 27.4. The van der Waals surface area contributed by atoms with Crippen LogP contribution in [0.15, 0.2) is 0 Å². The van der Waals surface area contributed by atoms with Gasteiger partial charge in [-0.1, -0.05) is 62.9 Å². The van der Waals surface area contributed by atoms with Gasteiger partial charge >= 0.3 is 0 Å². The summed E-state index contributed by atoms with van der Waals surface area (Å²) in [5.41, 5.74) is 26.0. The maximum atomic E-state index is 8.23. The lowest BCUT2D eigenvalue weighted by molar-refractivity contribution is 0.602. The highest BCUT2D eigenvalue weighted by molar-refractivity contribution is 9.09. The maximum absolute atomic E-state index is 8.23. The Morgan fingerprint density at radius 1 is 0.500 bits per heavy atom. The van der Waals surface area contributed by atoms with E-state index in [-0.39, 0.29) is 7.43 Å². The minimum Gasteiger partial charge on any atom is -0.330 e. The summed E-state index contributed by atoms with van der Waals surface area (Å²) in [5.74, 6) is 0. The van der Waals surface area contributed by atoms with E-state index in [0.717, 1.165) is 109 Å². The molecule has 244 valence electrons. The second-order valence-corrected chi connectivity index (χ2v) is 9.63. The number of nitrogens with one attached hydrogen (secondary N) is 2. The molecule has 0 radical (unpaired) electrons. The van der Waals surface area contributed by atoms with Crippen molar-refractivity contribution in [3.05, 3.63) is 0 Å². The molecule has 9 nitrogen and oxygen atoms in total. The largest absolute Gasteiger partial charge is 0.330 e. The minimum absolute atomic E-state index is 0. The van der Waals surface area contributed by atoms with Crippen LogP contribution < -0.4 is 39.3 Å². The Morgan fingerprint density at radius 3 is 1.10 bits per heavy atom. The SMILES string of the molecule is C.CCCCCNCCCC#N.CCCCCNCCCN.N#CCCCBr.NCCCCN.NCCCCN. The first-order chi connectivity index (χ1) is 19.1. The number of halogens is 1. The summed E-state index contributed by atoms with van der Waals surface area (Å²) in [5, 5.41) is 23.7. The van der Waals surface area contributed by atoms with Crippen LogP contribution in [-0.4, -0.2) is 64.2 Å². The monoisotopic (exact) mass is 638 g/mol.